The molecule has 0 spiro atoms. The number of amidine groups is 1. The Bertz CT molecular complexity index is 416. The van der Waals surface area contributed by atoms with Crippen LogP contribution in [-0.2, 0) is 0 Å². The van der Waals surface area contributed by atoms with E-state index >= 15 is 0 Å². The molecule has 0 bridgehead atoms. The standard InChI is InChI=1S/C13H20N4O/c1-2-10-4-3-7-17(9-10)12-6-5-11(8-15-12)13(14)16-18/h5-6,8,10,18H,2-4,7,9H2,1H3,(H2,14,16). The minimum absolute atomic E-state index is 0.0964. The summed E-state index contributed by atoms with van der Waals surface area (Å²) in [6.07, 6.45) is 5.41. The molecule has 18 heavy (non-hydrogen) atoms. The molecule has 1 aliphatic rings. The van der Waals surface area contributed by atoms with Crippen molar-refractivity contribution in [3.05, 3.63) is 23.9 Å². The van der Waals surface area contributed by atoms with E-state index in [1.54, 1.807) is 6.20 Å². The number of anilines is 1. The van der Waals surface area contributed by atoms with Gasteiger partial charge in [-0.15, -0.1) is 0 Å². The van der Waals surface area contributed by atoms with Gasteiger partial charge in [0.15, 0.2) is 5.84 Å². The molecule has 0 amide bonds. The lowest BCUT2D eigenvalue weighted by Gasteiger charge is -2.33. The van der Waals surface area contributed by atoms with Gasteiger partial charge in [-0.25, -0.2) is 4.98 Å². The number of pyridine rings is 1. The highest BCUT2D eigenvalue weighted by Crippen LogP contribution is 2.23. The van der Waals surface area contributed by atoms with Gasteiger partial charge in [0, 0.05) is 24.8 Å². The van der Waals surface area contributed by atoms with E-state index in [0.717, 1.165) is 24.8 Å². The molecule has 1 aromatic rings. The van der Waals surface area contributed by atoms with Crippen molar-refractivity contribution in [1.82, 2.24) is 4.98 Å². The number of rotatable bonds is 3. The van der Waals surface area contributed by atoms with Gasteiger partial charge in [-0.2, -0.15) is 0 Å². The maximum atomic E-state index is 8.60. The average molecular weight is 248 g/mol. The predicted octanol–water partition coefficient (Wildman–Crippen LogP) is 1.80. The molecule has 0 saturated carbocycles. The van der Waals surface area contributed by atoms with E-state index in [2.05, 4.69) is 22.0 Å². The van der Waals surface area contributed by atoms with Crippen LogP contribution in [0.5, 0.6) is 0 Å². The van der Waals surface area contributed by atoms with Crippen molar-refractivity contribution in [1.29, 1.82) is 0 Å². The highest BCUT2D eigenvalue weighted by molar-refractivity contribution is 5.96. The van der Waals surface area contributed by atoms with Crippen LogP contribution in [0, 0.1) is 5.92 Å². The number of oxime groups is 1. The fraction of sp³-hybridized carbons (Fsp3) is 0.538. The monoisotopic (exact) mass is 248 g/mol. The van der Waals surface area contributed by atoms with Gasteiger partial charge < -0.3 is 15.8 Å². The van der Waals surface area contributed by atoms with E-state index in [9.17, 15) is 0 Å². The Hall–Kier alpha value is -1.78. The number of hydrogen-bond donors (Lipinski definition) is 2. The average Bonchev–Trinajstić information content (AvgIpc) is 2.46. The van der Waals surface area contributed by atoms with Crippen molar-refractivity contribution in [3.63, 3.8) is 0 Å². The first kappa shape index (κ1) is 12.7. The van der Waals surface area contributed by atoms with Crippen LogP contribution in [-0.4, -0.2) is 29.1 Å². The van der Waals surface area contributed by atoms with Gasteiger partial charge in [-0.3, -0.25) is 0 Å². The Balaban J connectivity index is 2.09. The van der Waals surface area contributed by atoms with E-state index in [1.165, 1.54) is 19.3 Å². The molecule has 1 fully saturated rings. The van der Waals surface area contributed by atoms with Crippen LogP contribution in [0.2, 0.25) is 0 Å². The van der Waals surface area contributed by atoms with E-state index in [-0.39, 0.29) is 5.84 Å². The van der Waals surface area contributed by atoms with E-state index in [1.807, 2.05) is 12.1 Å². The summed E-state index contributed by atoms with van der Waals surface area (Å²) in [7, 11) is 0. The lowest BCUT2D eigenvalue weighted by Crippen LogP contribution is -2.35. The van der Waals surface area contributed by atoms with Crippen molar-refractivity contribution >= 4 is 11.7 Å². The SMILES string of the molecule is CCC1CCCN(c2ccc(/C(N)=N/O)cn2)C1. The quantitative estimate of drug-likeness (QED) is 0.370. The van der Waals surface area contributed by atoms with Crippen molar-refractivity contribution < 1.29 is 5.21 Å². The summed E-state index contributed by atoms with van der Waals surface area (Å²) in [5.74, 6) is 1.84. The third kappa shape index (κ3) is 2.72. The first-order valence-electron chi connectivity index (χ1n) is 6.43. The molecule has 3 N–H and O–H groups in total. The van der Waals surface area contributed by atoms with E-state index in [4.69, 9.17) is 10.9 Å². The number of nitrogens with zero attached hydrogens (tertiary/aromatic N) is 3. The van der Waals surface area contributed by atoms with E-state index < -0.39 is 0 Å². The van der Waals surface area contributed by atoms with Crippen LogP contribution in [0.1, 0.15) is 31.7 Å². The third-order valence-corrected chi connectivity index (χ3v) is 3.57. The Morgan fingerprint density at radius 2 is 2.44 bits per heavy atom. The summed E-state index contributed by atoms with van der Waals surface area (Å²) in [5.41, 5.74) is 6.16. The second-order valence-electron chi connectivity index (χ2n) is 4.75. The van der Waals surface area contributed by atoms with Crippen LogP contribution in [0.25, 0.3) is 0 Å². The zero-order valence-corrected chi connectivity index (χ0v) is 10.7. The summed E-state index contributed by atoms with van der Waals surface area (Å²) < 4.78 is 0. The number of aromatic nitrogens is 1. The minimum Gasteiger partial charge on any atom is -0.409 e. The summed E-state index contributed by atoms with van der Waals surface area (Å²) in [6, 6.07) is 3.78. The lowest BCUT2D eigenvalue weighted by atomic mass is 9.96. The molecular weight excluding hydrogens is 228 g/mol. The van der Waals surface area contributed by atoms with Crippen molar-refractivity contribution in [2.24, 2.45) is 16.8 Å². The largest absolute Gasteiger partial charge is 0.409 e. The van der Waals surface area contributed by atoms with Gasteiger partial charge in [0.25, 0.3) is 0 Å². The molecule has 1 unspecified atom stereocenters. The topological polar surface area (TPSA) is 74.7 Å². The molecule has 1 aromatic heterocycles. The summed E-state index contributed by atoms with van der Waals surface area (Å²) in [4.78, 5) is 6.71. The summed E-state index contributed by atoms with van der Waals surface area (Å²) >= 11 is 0. The van der Waals surface area contributed by atoms with Gasteiger partial charge in [0.1, 0.15) is 5.82 Å². The molecule has 0 aliphatic carbocycles. The molecule has 0 radical (unpaired) electrons. The first-order valence-corrected chi connectivity index (χ1v) is 6.43. The second kappa shape index (κ2) is 5.71. The Morgan fingerprint density at radius 1 is 1.61 bits per heavy atom. The third-order valence-electron chi connectivity index (χ3n) is 3.57. The molecule has 1 aliphatic heterocycles. The highest BCUT2D eigenvalue weighted by atomic mass is 16.4. The van der Waals surface area contributed by atoms with E-state index in [0.29, 0.717) is 5.56 Å². The zero-order chi connectivity index (χ0) is 13.0. The van der Waals surface area contributed by atoms with Gasteiger partial charge in [0.2, 0.25) is 0 Å². The van der Waals surface area contributed by atoms with Crippen LogP contribution in [0.3, 0.4) is 0 Å². The van der Waals surface area contributed by atoms with Crippen molar-refractivity contribution in [2.75, 3.05) is 18.0 Å². The number of hydrogen-bond acceptors (Lipinski definition) is 4. The molecule has 5 heteroatoms. The maximum absolute atomic E-state index is 8.60. The number of nitrogens with two attached hydrogens (primary N) is 1. The second-order valence-corrected chi connectivity index (χ2v) is 4.75. The van der Waals surface area contributed by atoms with Crippen LogP contribution < -0.4 is 10.6 Å². The Morgan fingerprint density at radius 3 is 3.06 bits per heavy atom. The zero-order valence-electron chi connectivity index (χ0n) is 10.7. The van der Waals surface area contributed by atoms with Crippen LogP contribution >= 0.6 is 0 Å². The van der Waals surface area contributed by atoms with Crippen LogP contribution in [0.15, 0.2) is 23.5 Å². The van der Waals surface area contributed by atoms with Crippen LogP contribution in [0.4, 0.5) is 5.82 Å². The summed E-state index contributed by atoms with van der Waals surface area (Å²) in [5, 5.41) is 11.6. The molecule has 2 rings (SSSR count). The molecule has 1 atom stereocenters. The molecule has 98 valence electrons. The van der Waals surface area contributed by atoms with Crippen molar-refractivity contribution in [2.45, 2.75) is 26.2 Å². The minimum atomic E-state index is 0.0964. The Labute approximate surface area is 107 Å². The highest BCUT2D eigenvalue weighted by Gasteiger charge is 2.19. The lowest BCUT2D eigenvalue weighted by molar-refractivity contribution is 0.318. The fourth-order valence-corrected chi connectivity index (χ4v) is 2.39. The smallest absolute Gasteiger partial charge is 0.171 e. The molecule has 1 saturated heterocycles. The predicted molar refractivity (Wildman–Crippen MR) is 72.0 cm³/mol. The van der Waals surface area contributed by atoms with Gasteiger partial charge >= 0.3 is 0 Å². The Kier molecular flexibility index (Phi) is 4.02. The summed E-state index contributed by atoms with van der Waals surface area (Å²) in [6.45, 7) is 4.38. The fourth-order valence-electron chi connectivity index (χ4n) is 2.39. The van der Waals surface area contributed by atoms with Gasteiger partial charge in [0.05, 0.1) is 0 Å². The maximum Gasteiger partial charge on any atom is 0.171 e. The molecule has 0 aromatic carbocycles. The van der Waals surface area contributed by atoms with Crippen molar-refractivity contribution in [3.8, 4) is 0 Å². The molecular formula is C13H20N4O. The molecule has 2 heterocycles. The van der Waals surface area contributed by atoms with Gasteiger partial charge in [-0.1, -0.05) is 18.5 Å². The normalized spacial score (nSPS) is 21.1. The number of piperidine rings is 1. The van der Waals surface area contributed by atoms with Gasteiger partial charge in [-0.05, 0) is 30.9 Å². The molecule has 5 nitrogen and oxygen atoms in total. The first-order chi connectivity index (χ1) is 8.74.